The number of hydrogen-bond acceptors (Lipinski definition) is 3. The predicted molar refractivity (Wildman–Crippen MR) is 100 cm³/mol. The number of hydrogen-bond donors (Lipinski definition) is 0. The molecule has 3 nitrogen and oxygen atoms in total. The standard InChI is InChI=1S/C21H31BrO3/c1-12(23)25-14-6-8-20(2)13(10-14)4-5-15-16(20)7-9-21(3)17(15)11-18(22)19(21)24/h13-18H,4-11H2,1-3H3/t13-,14-,15+,16+,17-,18+,20-,21-/m0/s1. The van der Waals surface area contributed by atoms with Gasteiger partial charge in [0.1, 0.15) is 6.10 Å². The first-order valence-corrected chi connectivity index (χ1v) is 11.0. The van der Waals surface area contributed by atoms with E-state index in [1.165, 1.54) is 32.6 Å². The number of alkyl halides is 1. The van der Waals surface area contributed by atoms with Gasteiger partial charge in [0.15, 0.2) is 5.78 Å². The number of carbonyl (C=O) groups is 2. The van der Waals surface area contributed by atoms with E-state index in [-0.39, 0.29) is 22.3 Å². The molecule has 0 unspecified atom stereocenters. The molecule has 0 N–H and O–H groups in total. The second kappa shape index (κ2) is 6.07. The largest absolute Gasteiger partial charge is 0.463 e. The van der Waals surface area contributed by atoms with Crippen molar-refractivity contribution in [2.24, 2.45) is 34.5 Å². The molecule has 140 valence electrons. The molecule has 0 saturated heterocycles. The quantitative estimate of drug-likeness (QED) is 0.455. The van der Waals surface area contributed by atoms with Crippen molar-refractivity contribution in [2.45, 2.75) is 83.1 Å². The summed E-state index contributed by atoms with van der Waals surface area (Å²) in [7, 11) is 0. The second-order valence-electron chi connectivity index (χ2n) is 9.69. The van der Waals surface area contributed by atoms with Gasteiger partial charge in [0, 0.05) is 12.3 Å². The second-order valence-corrected chi connectivity index (χ2v) is 10.8. The van der Waals surface area contributed by atoms with E-state index in [2.05, 4.69) is 29.8 Å². The average Bonchev–Trinajstić information content (AvgIpc) is 2.78. The number of ether oxygens (including phenoxy) is 1. The Bertz CT molecular complexity index is 590. The van der Waals surface area contributed by atoms with Gasteiger partial charge in [0.25, 0.3) is 0 Å². The molecular formula is C21H31BrO3. The first-order chi connectivity index (χ1) is 11.8. The number of rotatable bonds is 1. The molecule has 8 atom stereocenters. The lowest BCUT2D eigenvalue weighted by atomic mass is 9.45. The summed E-state index contributed by atoms with van der Waals surface area (Å²) in [4.78, 5) is 24.2. The van der Waals surface area contributed by atoms with E-state index >= 15 is 0 Å². The van der Waals surface area contributed by atoms with E-state index < -0.39 is 0 Å². The number of Topliss-reactive ketones (excluding diaryl/α,β-unsaturated/α-hetero) is 1. The summed E-state index contributed by atoms with van der Waals surface area (Å²) in [6.45, 7) is 6.27. The van der Waals surface area contributed by atoms with Gasteiger partial charge >= 0.3 is 5.97 Å². The summed E-state index contributed by atoms with van der Waals surface area (Å²) >= 11 is 3.66. The van der Waals surface area contributed by atoms with E-state index in [9.17, 15) is 9.59 Å². The summed E-state index contributed by atoms with van der Waals surface area (Å²) in [6.07, 6.45) is 9.15. The highest BCUT2D eigenvalue weighted by molar-refractivity contribution is 9.10. The Hall–Kier alpha value is -0.380. The zero-order valence-corrected chi connectivity index (χ0v) is 17.3. The van der Waals surface area contributed by atoms with Gasteiger partial charge in [-0.1, -0.05) is 29.8 Å². The van der Waals surface area contributed by atoms with Crippen LogP contribution in [0, 0.1) is 34.5 Å². The lowest BCUT2D eigenvalue weighted by Gasteiger charge is -2.60. The van der Waals surface area contributed by atoms with Crippen molar-refractivity contribution in [2.75, 3.05) is 0 Å². The highest BCUT2D eigenvalue weighted by Crippen LogP contribution is 2.66. The minimum absolute atomic E-state index is 0.0754. The molecule has 4 aliphatic carbocycles. The van der Waals surface area contributed by atoms with Crippen molar-refractivity contribution >= 4 is 27.7 Å². The zero-order chi connectivity index (χ0) is 18.0. The molecule has 0 aromatic carbocycles. The topological polar surface area (TPSA) is 43.4 Å². The number of fused-ring (bicyclic) bond motifs is 5. The van der Waals surface area contributed by atoms with E-state index in [0.29, 0.717) is 29.0 Å². The third kappa shape index (κ3) is 2.64. The molecule has 4 rings (SSSR count). The SMILES string of the molecule is CC(=O)O[C@H]1CC[C@@]2(C)[C@@H](CC[C@@H]3[C@H]2CC[C@]2(C)C(=O)[C@H](Br)C[C@@H]32)C1. The molecule has 0 radical (unpaired) electrons. The highest BCUT2D eigenvalue weighted by atomic mass is 79.9. The molecule has 0 aliphatic heterocycles. The highest BCUT2D eigenvalue weighted by Gasteiger charge is 2.62. The summed E-state index contributed by atoms with van der Waals surface area (Å²) in [5, 5.41) is 0. The Balaban J connectivity index is 1.55. The van der Waals surface area contributed by atoms with Crippen LogP contribution in [0.25, 0.3) is 0 Å². The Morgan fingerprint density at radius 3 is 2.56 bits per heavy atom. The first kappa shape index (κ1) is 18.0. The number of carbonyl (C=O) groups excluding carboxylic acids is 2. The van der Waals surface area contributed by atoms with Crippen molar-refractivity contribution < 1.29 is 14.3 Å². The van der Waals surface area contributed by atoms with Crippen molar-refractivity contribution in [3.05, 3.63) is 0 Å². The summed E-state index contributed by atoms with van der Waals surface area (Å²) in [5.74, 6) is 3.01. The molecule has 0 bridgehead atoms. The fraction of sp³-hybridized carbons (Fsp3) is 0.905. The smallest absolute Gasteiger partial charge is 0.302 e. The van der Waals surface area contributed by atoms with Crippen LogP contribution in [0.1, 0.15) is 72.1 Å². The maximum absolute atomic E-state index is 12.7. The Morgan fingerprint density at radius 1 is 1.08 bits per heavy atom. The number of ketones is 1. The molecular weight excluding hydrogens is 380 g/mol. The van der Waals surface area contributed by atoms with Crippen LogP contribution in [0.15, 0.2) is 0 Å². The Morgan fingerprint density at radius 2 is 1.84 bits per heavy atom. The number of esters is 1. The van der Waals surface area contributed by atoms with Gasteiger partial charge in [-0.2, -0.15) is 0 Å². The molecule has 25 heavy (non-hydrogen) atoms. The zero-order valence-electron chi connectivity index (χ0n) is 15.7. The molecule has 0 spiro atoms. The van der Waals surface area contributed by atoms with E-state index in [4.69, 9.17) is 4.74 Å². The van der Waals surface area contributed by atoms with Crippen molar-refractivity contribution in [1.29, 1.82) is 0 Å². The molecule has 0 aromatic rings. The van der Waals surface area contributed by atoms with Crippen molar-refractivity contribution in [3.63, 3.8) is 0 Å². The van der Waals surface area contributed by atoms with Crippen LogP contribution in [0.2, 0.25) is 0 Å². The van der Waals surface area contributed by atoms with Crippen LogP contribution < -0.4 is 0 Å². The van der Waals surface area contributed by atoms with Gasteiger partial charge in [-0.15, -0.1) is 0 Å². The van der Waals surface area contributed by atoms with Gasteiger partial charge < -0.3 is 4.74 Å². The summed E-state index contributed by atoms with van der Waals surface area (Å²) < 4.78 is 5.54. The average molecular weight is 411 g/mol. The summed E-state index contributed by atoms with van der Waals surface area (Å²) in [6, 6.07) is 0. The molecule has 0 heterocycles. The Kier molecular flexibility index (Phi) is 4.37. The van der Waals surface area contributed by atoms with Crippen LogP contribution >= 0.6 is 15.9 Å². The van der Waals surface area contributed by atoms with Crippen LogP contribution in [0.4, 0.5) is 0 Å². The van der Waals surface area contributed by atoms with E-state index in [1.54, 1.807) is 0 Å². The van der Waals surface area contributed by atoms with Crippen LogP contribution in [-0.4, -0.2) is 22.7 Å². The number of halogens is 1. The van der Waals surface area contributed by atoms with Crippen LogP contribution in [0.3, 0.4) is 0 Å². The third-order valence-electron chi connectivity index (χ3n) is 8.65. The van der Waals surface area contributed by atoms with Crippen LogP contribution in [-0.2, 0) is 14.3 Å². The predicted octanol–water partition coefficient (Wildman–Crippen LogP) is 4.90. The van der Waals surface area contributed by atoms with Gasteiger partial charge in [-0.25, -0.2) is 0 Å². The molecule has 4 saturated carbocycles. The molecule has 0 amide bonds. The summed E-state index contributed by atoms with van der Waals surface area (Å²) in [5.41, 5.74) is 0.280. The van der Waals surface area contributed by atoms with Gasteiger partial charge in [0.05, 0.1) is 4.83 Å². The van der Waals surface area contributed by atoms with E-state index in [1.807, 2.05) is 0 Å². The monoisotopic (exact) mass is 410 g/mol. The van der Waals surface area contributed by atoms with Crippen molar-refractivity contribution in [3.8, 4) is 0 Å². The Labute approximate surface area is 159 Å². The van der Waals surface area contributed by atoms with E-state index in [0.717, 1.165) is 31.6 Å². The maximum Gasteiger partial charge on any atom is 0.302 e. The molecule has 4 fully saturated rings. The van der Waals surface area contributed by atoms with Crippen LogP contribution in [0.5, 0.6) is 0 Å². The minimum atomic E-state index is -0.136. The van der Waals surface area contributed by atoms with Gasteiger partial charge in [0.2, 0.25) is 0 Å². The molecule has 4 aliphatic rings. The normalized spacial score (nSPS) is 52.1. The molecule has 0 aromatic heterocycles. The minimum Gasteiger partial charge on any atom is -0.463 e. The lowest BCUT2D eigenvalue weighted by Crippen LogP contribution is -2.54. The molecule has 4 heteroatoms. The van der Waals surface area contributed by atoms with Gasteiger partial charge in [-0.05, 0) is 80.5 Å². The fourth-order valence-corrected chi connectivity index (χ4v) is 8.23. The van der Waals surface area contributed by atoms with Gasteiger partial charge in [-0.3, -0.25) is 9.59 Å². The first-order valence-electron chi connectivity index (χ1n) is 10.1. The lowest BCUT2D eigenvalue weighted by molar-refractivity contribution is -0.160. The maximum atomic E-state index is 12.7. The fourth-order valence-electron chi connectivity index (χ4n) is 7.31. The van der Waals surface area contributed by atoms with Crippen molar-refractivity contribution in [1.82, 2.24) is 0 Å². The third-order valence-corrected chi connectivity index (χ3v) is 9.44.